The number of allylic oxidation sites excluding steroid dienone is 1. The second kappa shape index (κ2) is 5.06. The zero-order chi connectivity index (χ0) is 11.4. The summed E-state index contributed by atoms with van der Waals surface area (Å²) in [5, 5.41) is 9.98. The van der Waals surface area contributed by atoms with Gasteiger partial charge in [0.15, 0.2) is 0 Å². The van der Waals surface area contributed by atoms with Gasteiger partial charge in [-0.05, 0) is 12.1 Å². The zero-order valence-corrected chi connectivity index (χ0v) is 9.97. The van der Waals surface area contributed by atoms with E-state index in [1.807, 2.05) is 14.1 Å². The van der Waals surface area contributed by atoms with Crippen LogP contribution in [0.1, 0.15) is 5.56 Å². The maximum absolute atomic E-state index is 9.01. The van der Waals surface area contributed by atoms with E-state index in [1.165, 1.54) is 0 Å². The molecule has 78 valence electrons. The summed E-state index contributed by atoms with van der Waals surface area (Å²) in [6.45, 7) is 0. The standard InChI is InChI=1S/C11H10Cl2N2/c1-15(2)7-8(6-14)11-9(12)4-3-5-10(11)13/h3-5,7H,1-2H3/b8-7+. The Labute approximate surface area is 99.3 Å². The van der Waals surface area contributed by atoms with Gasteiger partial charge in [-0.25, -0.2) is 0 Å². The second-order valence-corrected chi connectivity index (χ2v) is 4.03. The average molecular weight is 241 g/mol. The van der Waals surface area contributed by atoms with Gasteiger partial charge in [-0.15, -0.1) is 0 Å². The van der Waals surface area contributed by atoms with Gasteiger partial charge in [-0.1, -0.05) is 29.3 Å². The second-order valence-electron chi connectivity index (χ2n) is 3.21. The lowest BCUT2D eigenvalue weighted by Crippen LogP contribution is -2.02. The van der Waals surface area contributed by atoms with E-state index in [1.54, 1.807) is 29.3 Å². The molecule has 0 aliphatic rings. The van der Waals surface area contributed by atoms with Gasteiger partial charge < -0.3 is 4.90 Å². The van der Waals surface area contributed by atoms with Crippen molar-refractivity contribution in [2.45, 2.75) is 0 Å². The summed E-state index contributed by atoms with van der Waals surface area (Å²) in [6, 6.07) is 7.25. The Kier molecular flexibility index (Phi) is 4.02. The van der Waals surface area contributed by atoms with E-state index in [0.717, 1.165) is 0 Å². The van der Waals surface area contributed by atoms with E-state index in [9.17, 15) is 0 Å². The molecule has 0 aliphatic heterocycles. The minimum Gasteiger partial charge on any atom is -0.382 e. The lowest BCUT2D eigenvalue weighted by Gasteiger charge is -2.09. The molecule has 0 radical (unpaired) electrons. The van der Waals surface area contributed by atoms with Gasteiger partial charge in [0.05, 0.1) is 15.6 Å². The first-order valence-electron chi connectivity index (χ1n) is 4.29. The average Bonchev–Trinajstić information content (AvgIpc) is 2.15. The molecule has 1 rings (SSSR count). The molecule has 15 heavy (non-hydrogen) atoms. The highest BCUT2D eigenvalue weighted by atomic mass is 35.5. The van der Waals surface area contributed by atoms with Crippen molar-refractivity contribution in [1.29, 1.82) is 5.26 Å². The highest BCUT2D eigenvalue weighted by molar-refractivity contribution is 6.37. The summed E-state index contributed by atoms with van der Waals surface area (Å²) in [5.74, 6) is 0. The van der Waals surface area contributed by atoms with E-state index in [0.29, 0.717) is 21.2 Å². The van der Waals surface area contributed by atoms with Gasteiger partial charge in [0.2, 0.25) is 0 Å². The van der Waals surface area contributed by atoms with Crippen LogP contribution < -0.4 is 0 Å². The van der Waals surface area contributed by atoms with Crippen LogP contribution >= 0.6 is 23.2 Å². The monoisotopic (exact) mass is 240 g/mol. The van der Waals surface area contributed by atoms with Crippen LogP contribution in [0.3, 0.4) is 0 Å². The van der Waals surface area contributed by atoms with Crippen molar-refractivity contribution in [1.82, 2.24) is 4.90 Å². The van der Waals surface area contributed by atoms with Crippen LogP contribution in [0.15, 0.2) is 24.4 Å². The molecule has 4 heteroatoms. The van der Waals surface area contributed by atoms with Gasteiger partial charge in [0.25, 0.3) is 0 Å². The predicted octanol–water partition coefficient (Wildman–Crippen LogP) is 3.42. The summed E-state index contributed by atoms with van der Waals surface area (Å²) in [5.41, 5.74) is 1.03. The molecule has 0 spiro atoms. The first-order chi connectivity index (χ1) is 7.06. The highest BCUT2D eigenvalue weighted by Crippen LogP contribution is 2.30. The third kappa shape index (κ3) is 2.89. The van der Waals surface area contributed by atoms with Crippen LogP contribution in [0.4, 0.5) is 0 Å². The van der Waals surface area contributed by atoms with E-state index in [2.05, 4.69) is 6.07 Å². The Morgan fingerprint density at radius 3 is 2.27 bits per heavy atom. The Morgan fingerprint density at radius 1 is 1.33 bits per heavy atom. The quantitative estimate of drug-likeness (QED) is 0.742. The first kappa shape index (κ1) is 11.9. The highest BCUT2D eigenvalue weighted by Gasteiger charge is 2.10. The fraction of sp³-hybridized carbons (Fsp3) is 0.182. The van der Waals surface area contributed by atoms with Gasteiger partial charge in [0, 0.05) is 25.9 Å². The van der Waals surface area contributed by atoms with Crippen molar-refractivity contribution < 1.29 is 0 Å². The third-order valence-electron chi connectivity index (χ3n) is 1.74. The molecular weight excluding hydrogens is 231 g/mol. The Hall–Kier alpha value is -1.17. The molecule has 0 aliphatic carbocycles. The number of halogens is 2. The number of benzene rings is 1. The minimum atomic E-state index is 0.454. The van der Waals surface area contributed by atoms with Gasteiger partial charge in [0.1, 0.15) is 6.07 Å². The van der Waals surface area contributed by atoms with Crippen LogP contribution in [0.2, 0.25) is 10.0 Å². The zero-order valence-electron chi connectivity index (χ0n) is 8.46. The van der Waals surface area contributed by atoms with E-state index in [-0.39, 0.29) is 0 Å². The normalized spacial score (nSPS) is 11.0. The molecule has 0 heterocycles. The third-order valence-corrected chi connectivity index (χ3v) is 2.37. The molecule has 0 saturated heterocycles. The molecule has 0 fully saturated rings. The number of nitrogens with zero attached hydrogens (tertiary/aromatic N) is 2. The van der Waals surface area contributed by atoms with Crippen molar-refractivity contribution in [3.8, 4) is 6.07 Å². The maximum Gasteiger partial charge on any atom is 0.101 e. The molecule has 0 aromatic heterocycles. The van der Waals surface area contributed by atoms with Crippen LogP contribution in [0.5, 0.6) is 0 Å². The molecule has 0 bridgehead atoms. The van der Waals surface area contributed by atoms with Crippen LogP contribution in [0.25, 0.3) is 5.57 Å². The van der Waals surface area contributed by atoms with Gasteiger partial charge >= 0.3 is 0 Å². The molecule has 0 amide bonds. The smallest absolute Gasteiger partial charge is 0.101 e. The lowest BCUT2D eigenvalue weighted by molar-refractivity contribution is 0.566. The van der Waals surface area contributed by atoms with Crippen LogP contribution in [0, 0.1) is 11.3 Å². The summed E-state index contributed by atoms with van der Waals surface area (Å²) < 4.78 is 0. The van der Waals surface area contributed by atoms with Crippen LogP contribution in [-0.4, -0.2) is 19.0 Å². The number of hydrogen-bond donors (Lipinski definition) is 0. The minimum absolute atomic E-state index is 0.454. The summed E-state index contributed by atoms with van der Waals surface area (Å²) in [7, 11) is 3.67. The van der Waals surface area contributed by atoms with Gasteiger partial charge in [-0.2, -0.15) is 5.26 Å². The van der Waals surface area contributed by atoms with Crippen molar-refractivity contribution in [2.75, 3.05) is 14.1 Å². The number of hydrogen-bond acceptors (Lipinski definition) is 2. The topological polar surface area (TPSA) is 27.0 Å². The SMILES string of the molecule is CN(C)/C=C(\C#N)c1c(Cl)cccc1Cl. The van der Waals surface area contributed by atoms with Crippen molar-refractivity contribution in [3.63, 3.8) is 0 Å². The van der Waals surface area contributed by atoms with Gasteiger partial charge in [-0.3, -0.25) is 0 Å². The van der Waals surface area contributed by atoms with Crippen molar-refractivity contribution >= 4 is 28.8 Å². The van der Waals surface area contributed by atoms with E-state index >= 15 is 0 Å². The van der Waals surface area contributed by atoms with Crippen molar-refractivity contribution in [3.05, 3.63) is 40.0 Å². The van der Waals surface area contributed by atoms with Crippen molar-refractivity contribution in [2.24, 2.45) is 0 Å². The van der Waals surface area contributed by atoms with Crippen LogP contribution in [-0.2, 0) is 0 Å². The molecular formula is C11H10Cl2N2. The molecule has 2 nitrogen and oxygen atoms in total. The Balaban J connectivity index is 3.32. The molecule has 0 N–H and O–H groups in total. The molecule has 1 aromatic carbocycles. The lowest BCUT2D eigenvalue weighted by atomic mass is 10.1. The fourth-order valence-electron chi connectivity index (χ4n) is 1.16. The fourth-order valence-corrected chi connectivity index (χ4v) is 1.76. The Bertz CT molecular complexity index is 410. The first-order valence-corrected chi connectivity index (χ1v) is 5.04. The number of rotatable bonds is 2. The largest absolute Gasteiger partial charge is 0.382 e. The molecule has 0 atom stereocenters. The van der Waals surface area contributed by atoms with E-state index < -0.39 is 0 Å². The maximum atomic E-state index is 9.01. The predicted molar refractivity (Wildman–Crippen MR) is 63.7 cm³/mol. The molecule has 1 aromatic rings. The number of nitriles is 1. The summed E-state index contributed by atoms with van der Waals surface area (Å²) in [6.07, 6.45) is 1.69. The summed E-state index contributed by atoms with van der Waals surface area (Å²) >= 11 is 12.0. The molecule has 0 unspecified atom stereocenters. The molecule has 0 saturated carbocycles. The summed E-state index contributed by atoms with van der Waals surface area (Å²) in [4.78, 5) is 1.78. The van der Waals surface area contributed by atoms with E-state index in [4.69, 9.17) is 28.5 Å². The Morgan fingerprint density at radius 2 is 1.87 bits per heavy atom.